The highest BCUT2D eigenvalue weighted by Gasteiger charge is 2.25. The van der Waals surface area contributed by atoms with E-state index in [0.717, 1.165) is 16.4 Å². The van der Waals surface area contributed by atoms with E-state index in [1.165, 1.54) is 19.1 Å². The third kappa shape index (κ3) is 3.59. The Morgan fingerprint density at radius 3 is 2.19 bits per heavy atom. The van der Waals surface area contributed by atoms with Crippen molar-refractivity contribution in [1.29, 1.82) is 0 Å². The maximum atomic E-state index is 13.0. The lowest BCUT2D eigenvalue weighted by Gasteiger charge is -2.25. The molecule has 0 aliphatic heterocycles. The molecule has 6 heteroatoms. The summed E-state index contributed by atoms with van der Waals surface area (Å²) in [6.07, 6.45) is -0.833. The Balaban J connectivity index is 2.47. The van der Waals surface area contributed by atoms with E-state index in [1.807, 2.05) is 0 Å². The average Bonchev–Trinajstić information content (AvgIpc) is 2.46. The van der Waals surface area contributed by atoms with Crippen LogP contribution in [0.3, 0.4) is 0 Å². The van der Waals surface area contributed by atoms with Gasteiger partial charge in [-0.1, -0.05) is 18.2 Å². The summed E-state index contributed by atoms with van der Waals surface area (Å²) in [4.78, 5) is -0.0200. The molecule has 1 unspecified atom stereocenters. The Bertz CT molecular complexity index is 685. The molecule has 4 nitrogen and oxygen atoms in total. The molecule has 0 aliphatic carbocycles. The second-order valence-corrected chi connectivity index (χ2v) is 6.54. The minimum Gasteiger partial charge on any atom is -0.392 e. The minimum absolute atomic E-state index is 0.0200. The molecule has 0 aromatic heterocycles. The Morgan fingerprint density at radius 1 is 1.10 bits per heavy atom. The molecule has 2 rings (SSSR count). The molecule has 0 heterocycles. The zero-order chi connectivity index (χ0) is 15.5. The highest BCUT2D eigenvalue weighted by Crippen LogP contribution is 2.23. The standard InChI is InChI=1S/C15H16FNO3S/c1-12(18)11-17(14-5-3-2-4-6-14)21(19,20)15-9-7-13(16)8-10-15/h2-10,12,18H,11H2,1H3. The summed E-state index contributed by atoms with van der Waals surface area (Å²) in [5.41, 5.74) is 0.447. The second-order valence-electron chi connectivity index (χ2n) is 4.67. The molecule has 1 N–H and O–H groups in total. The van der Waals surface area contributed by atoms with Gasteiger partial charge in [0.05, 0.1) is 23.2 Å². The molecule has 2 aromatic rings. The van der Waals surface area contributed by atoms with Crippen LogP contribution in [0.1, 0.15) is 6.92 Å². The number of aliphatic hydroxyl groups excluding tert-OH is 1. The highest BCUT2D eigenvalue weighted by atomic mass is 32.2. The number of nitrogens with zero attached hydrogens (tertiary/aromatic N) is 1. The summed E-state index contributed by atoms with van der Waals surface area (Å²) in [7, 11) is -3.86. The van der Waals surface area contributed by atoms with E-state index in [2.05, 4.69) is 0 Å². The predicted octanol–water partition coefficient (Wildman–Crippen LogP) is 2.40. The van der Waals surface area contributed by atoms with Gasteiger partial charge >= 0.3 is 0 Å². The lowest BCUT2D eigenvalue weighted by atomic mass is 10.3. The van der Waals surface area contributed by atoms with Gasteiger partial charge in [0.2, 0.25) is 0 Å². The summed E-state index contributed by atoms with van der Waals surface area (Å²) in [5.74, 6) is -0.504. The molecule has 0 fully saturated rings. The van der Waals surface area contributed by atoms with Gasteiger partial charge in [0.1, 0.15) is 5.82 Å². The lowest BCUT2D eigenvalue weighted by Crippen LogP contribution is -2.36. The molecular weight excluding hydrogens is 293 g/mol. The van der Waals surface area contributed by atoms with Crippen LogP contribution in [0.25, 0.3) is 0 Å². The molecule has 0 saturated heterocycles. The molecule has 2 aromatic carbocycles. The van der Waals surface area contributed by atoms with E-state index in [0.29, 0.717) is 5.69 Å². The van der Waals surface area contributed by atoms with Crippen molar-refractivity contribution < 1.29 is 17.9 Å². The molecule has 0 aliphatic rings. The van der Waals surface area contributed by atoms with Gasteiger partial charge in [0, 0.05) is 0 Å². The number of benzene rings is 2. The third-order valence-corrected chi connectivity index (χ3v) is 4.68. The molecule has 0 radical (unpaired) electrons. The van der Waals surface area contributed by atoms with Crippen molar-refractivity contribution in [3.63, 3.8) is 0 Å². The van der Waals surface area contributed by atoms with Gasteiger partial charge in [0.15, 0.2) is 0 Å². The molecule has 1 atom stereocenters. The number of hydrogen-bond acceptors (Lipinski definition) is 3. The zero-order valence-electron chi connectivity index (χ0n) is 11.5. The van der Waals surface area contributed by atoms with Crippen molar-refractivity contribution in [3.05, 3.63) is 60.4 Å². The molecule has 21 heavy (non-hydrogen) atoms. The molecule has 0 amide bonds. The van der Waals surface area contributed by atoms with Crippen LogP contribution in [-0.4, -0.2) is 26.2 Å². The monoisotopic (exact) mass is 309 g/mol. The van der Waals surface area contributed by atoms with Gasteiger partial charge < -0.3 is 5.11 Å². The van der Waals surface area contributed by atoms with E-state index in [-0.39, 0.29) is 11.4 Å². The topological polar surface area (TPSA) is 57.6 Å². The fourth-order valence-electron chi connectivity index (χ4n) is 1.91. The molecule has 0 spiro atoms. The SMILES string of the molecule is CC(O)CN(c1ccccc1)S(=O)(=O)c1ccc(F)cc1. The first-order valence-electron chi connectivity index (χ1n) is 6.42. The fourth-order valence-corrected chi connectivity index (χ4v) is 3.46. The lowest BCUT2D eigenvalue weighted by molar-refractivity contribution is 0.204. The van der Waals surface area contributed by atoms with Crippen LogP contribution in [0, 0.1) is 5.82 Å². The van der Waals surface area contributed by atoms with Gasteiger partial charge in [-0.3, -0.25) is 4.31 Å². The zero-order valence-corrected chi connectivity index (χ0v) is 12.3. The van der Waals surface area contributed by atoms with Crippen molar-refractivity contribution >= 4 is 15.7 Å². The predicted molar refractivity (Wildman–Crippen MR) is 79.1 cm³/mol. The molecule has 0 bridgehead atoms. The van der Waals surface area contributed by atoms with Crippen LogP contribution in [0.15, 0.2) is 59.5 Å². The van der Waals surface area contributed by atoms with Gasteiger partial charge in [-0.25, -0.2) is 12.8 Å². The summed E-state index contributed by atoms with van der Waals surface area (Å²) >= 11 is 0. The van der Waals surface area contributed by atoms with Crippen molar-refractivity contribution in [1.82, 2.24) is 0 Å². The molecular formula is C15H16FNO3S. The normalized spacial score (nSPS) is 12.9. The second kappa shape index (κ2) is 6.24. The van der Waals surface area contributed by atoms with Crippen molar-refractivity contribution in [2.24, 2.45) is 0 Å². The van der Waals surface area contributed by atoms with Gasteiger partial charge in [-0.2, -0.15) is 0 Å². The van der Waals surface area contributed by atoms with Crippen LogP contribution in [0.4, 0.5) is 10.1 Å². The fraction of sp³-hybridized carbons (Fsp3) is 0.200. The Morgan fingerprint density at radius 2 is 1.67 bits per heavy atom. The first-order chi connectivity index (χ1) is 9.91. The number of halogens is 1. The van der Waals surface area contributed by atoms with Crippen LogP contribution in [0.2, 0.25) is 0 Å². The number of rotatable bonds is 5. The average molecular weight is 309 g/mol. The van der Waals surface area contributed by atoms with Crippen LogP contribution in [-0.2, 0) is 10.0 Å². The maximum absolute atomic E-state index is 13.0. The number of para-hydroxylation sites is 1. The first kappa shape index (κ1) is 15.5. The Labute approximate surface area is 123 Å². The summed E-state index contributed by atoms with van der Waals surface area (Å²) < 4.78 is 39.4. The smallest absolute Gasteiger partial charge is 0.264 e. The van der Waals surface area contributed by atoms with Gasteiger partial charge in [-0.15, -0.1) is 0 Å². The summed E-state index contributed by atoms with van der Waals surface area (Å²) in [6.45, 7) is 1.43. The van der Waals surface area contributed by atoms with E-state index in [9.17, 15) is 17.9 Å². The van der Waals surface area contributed by atoms with E-state index >= 15 is 0 Å². The van der Waals surface area contributed by atoms with E-state index in [1.54, 1.807) is 30.3 Å². The van der Waals surface area contributed by atoms with Gasteiger partial charge in [-0.05, 0) is 43.3 Å². The minimum atomic E-state index is -3.86. The van der Waals surface area contributed by atoms with Crippen LogP contribution >= 0.6 is 0 Å². The molecule has 0 saturated carbocycles. The summed E-state index contributed by atoms with van der Waals surface area (Å²) in [5, 5.41) is 9.57. The maximum Gasteiger partial charge on any atom is 0.264 e. The Hall–Kier alpha value is -1.92. The van der Waals surface area contributed by atoms with Crippen molar-refractivity contribution in [3.8, 4) is 0 Å². The van der Waals surface area contributed by atoms with Crippen LogP contribution in [0.5, 0.6) is 0 Å². The molecule has 112 valence electrons. The Kier molecular flexibility index (Phi) is 4.59. The first-order valence-corrected chi connectivity index (χ1v) is 7.86. The highest BCUT2D eigenvalue weighted by molar-refractivity contribution is 7.92. The van der Waals surface area contributed by atoms with Crippen LogP contribution < -0.4 is 4.31 Å². The van der Waals surface area contributed by atoms with Gasteiger partial charge in [0.25, 0.3) is 10.0 Å². The number of anilines is 1. The van der Waals surface area contributed by atoms with Crippen molar-refractivity contribution in [2.45, 2.75) is 17.9 Å². The van der Waals surface area contributed by atoms with E-state index in [4.69, 9.17) is 0 Å². The third-order valence-electron chi connectivity index (χ3n) is 2.88. The van der Waals surface area contributed by atoms with E-state index < -0.39 is 21.9 Å². The number of hydrogen-bond donors (Lipinski definition) is 1. The summed E-state index contributed by atoms with van der Waals surface area (Å²) in [6, 6.07) is 13.1. The number of aliphatic hydroxyl groups is 1. The largest absolute Gasteiger partial charge is 0.392 e. The quantitative estimate of drug-likeness (QED) is 0.922. The number of sulfonamides is 1. The van der Waals surface area contributed by atoms with Crippen molar-refractivity contribution in [2.75, 3.05) is 10.8 Å².